The van der Waals surface area contributed by atoms with E-state index in [2.05, 4.69) is 5.32 Å². The lowest BCUT2D eigenvalue weighted by atomic mass is 10.0. The molecule has 0 bridgehead atoms. The van der Waals surface area contributed by atoms with Gasteiger partial charge in [-0.1, -0.05) is 60.2 Å². The molecule has 0 saturated carbocycles. The summed E-state index contributed by atoms with van der Waals surface area (Å²) in [6.07, 6.45) is -0.158. The van der Waals surface area contributed by atoms with Crippen LogP contribution in [0, 0.1) is 6.92 Å². The fourth-order valence-electron chi connectivity index (χ4n) is 2.28. The molecule has 4 N–H and O–H groups in total. The molecule has 2 atom stereocenters. The first kappa shape index (κ1) is 16.2. The molecule has 0 fully saturated rings. The Morgan fingerprint density at radius 3 is 2.36 bits per heavy atom. The SMILES string of the molecule is Cc1ccc(C(O)CNC(Cc2ccccc2)C(N)=O)cc1. The van der Waals surface area contributed by atoms with Gasteiger partial charge in [0.1, 0.15) is 0 Å². The van der Waals surface area contributed by atoms with E-state index in [4.69, 9.17) is 5.73 Å². The minimum Gasteiger partial charge on any atom is -0.387 e. The fraction of sp³-hybridized carbons (Fsp3) is 0.278. The number of benzene rings is 2. The van der Waals surface area contributed by atoms with E-state index in [-0.39, 0.29) is 6.54 Å². The minimum absolute atomic E-state index is 0.281. The van der Waals surface area contributed by atoms with Gasteiger partial charge >= 0.3 is 0 Å². The quantitative estimate of drug-likeness (QED) is 0.728. The maximum Gasteiger partial charge on any atom is 0.234 e. The van der Waals surface area contributed by atoms with Crippen molar-refractivity contribution in [2.24, 2.45) is 5.73 Å². The van der Waals surface area contributed by atoms with Crippen molar-refractivity contribution in [1.29, 1.82) is 0 Å². The zero-order chi connectivity index (χ0) is 15.9. The van der Waals surface area contributed by atoms with Crippen LogP contribution in [0.4, 0.5) is 0 Å². The molecule has 2 unspecified atom stereocenters. The summed E-state index contributed by atoms with van der Waals surface area (Å²) in [5.41, 5.74) is 8.44. The lowest BCUT2D eigenvalue weighted by molar-refractivity contribution is -0.120. The third kappa shape index (κ3) is 4.69. The number of aliphatic hydroxyl groups is 1. The van der Waals surface area contributed by atoms with Crippen molar-refractivity contribution in [3.8, 4) is 0 Å². The molecule has 2 aromatic rings. The van der Waals surface area contributed by atoms with Gasteiger partial charge in [0.2, 0.25) is 5.91 Å². The molecule has 4 heteroatoms. The standard InChI is InChI=1S/C18H22N2O2/c1-13-7-9-15(10-8-13)17(21)12-20-16(18(19)22)11-14-5-3-2-4-6-14/h2-10,16-17,20-21H,11-12H2,1H3,(H2,19,22). The second-order valence-electron chi connectivity index (χ2n) is 5.48. The minimum atomic E-state index is -0.668. The number of nitrogens with two attached hydrogens (primary N) is 1. The van der Waals surface area contributed by atoms with Crippen molar-refractivity contribution in [3.63, 3.8) is 0 Å². The Bertz CT molecular complexity index is 596. The van der Waals surface area contributed by atoms with E-state index in [1.54, 1.807) is 0 Å². The van der Waals surface area contributed by atoms with Crippen LogP contribution in [0.25, 0.3) is 0 Å². The number of primary amides is 1. The lowest BCUT2D eigenvalue weighted by Crippen LogP contribution is -2.44. The summed E-state index contributed by atoms with van der Waals surface area (Å²) in [5.74, 6) is -0.417. The monoisotopic (exact) mass is 298 g/mol. The number of rotatable bonds is 7. The van der Waals surface area contributed by atoms with Gasteiger partial charge in [0, 0.05) is 6.54 Å². The van der Waals surface area contributed by atoms with Gasteiger partial charge in [0.05, 0.1) is 12.1 Å². The van der Waals surface area contributed by atoms with Gasteiger partial charge < -0.3 is 16.2 Å². The van der Waals surface area contributed by atoms with Crippen molar-refractivity contribution in [1.82, 2.24) is 5.32 Å². The molecule has 0 aliphatic heterocycles. The summed E-state index contributed by atoms with van der Waals surface area (Å²) in [7, 11) is 0. The molecule has 116 valence electrons. The van der Waals surface area contributed by atoms with Crippen LogP contribution >= 0.6 is 0 Å². The number of nitrogens with one attached hydrogen (secondary N) is 1. The predicted octanol–water partition coefficient (Wildman–Crippen LogP) is 1.71. The van der Waals surface area contributed by atoms with Crippen molar-refractivity contribution >= 4 is 5.91 Å². The molecule has 0 aliphatic rings. The molecule has 4 nitrogen and oxygen atoms in total. The molecule has 1 amide bonds. The number of aryl methyl sites for hydroxylation is 1. The Kier molecular flexibility index (Phi) is 5.69. The Labute approximate surface area is 131 Å². The maximum absolute atomic E-state index is 11.6. The Hall–Kier alpha value is -2.17. The molecular formula is C18H22N2O2. The second-order valence-corrected chi connectivity index (χ2v) is 5.48. The smallest absolute Gasteiger partial charge is 0.234 e. The zero-order valence-corrected chi connectivity index (χ0v) is 12.7. The largest absolute Gasteiger partial charge is 0.387 e. The van der Waals surface area contributed by atoms with Gasteiger partial charge in [-0.15, -0.1) is 0 Å². The first-order valence-corrected chi connectivity index (χ1v) is 7.37. The van der Waals surface area contributed by atoms with E-state index in [1.807, 2.05) is 61.5 Å². The summed E-state index contributed by atoms with van der Waals surface area (Å²) < 4.78 is 0. The molecule has 2 aromatic carbocycles. The van der Waals surface area contributed by atoms with Crippen molar-refractivity contribution in [3.05, 3.63) is 71.3 Å². The van der Waals surface area contributed by atoms with E-state index in [0.29, 0.717) is 6.42 Å². The Morgan fingerprint density at radius 2 is 1.77 bits per heavy atom. The third-order valence-electron chi connectivity index (χ3n) is 3.65. The number of carbonyl (C=O) groups excluding carboxylic acids is 1. The highest BCUT2D eigenvalue weighted by Crippen LogP contribution is 2.13. The van der Waals surface area contributed by atoms with Gasteiger partial charge in [-0.25, -0.2) is 0 Å². The normalized spacial score (nSPS) is 13.5. The van der Waals surface area contributed by atoms with Gasteiger partial charge in [-0.05, 0) is 24.5 Å². The first-order valence-electron chi connectivity index (χ1n) is 7.37. The number of carbonyl (C=O) groups is 1. The van der Waals surface area contributed by atoms with Crippen molar-refractivity contribution in [2.45, 2.75) is 25.5 Å². The number of aliphatic hydroxyl groups excluding tert-OH is 1. The van der Waals surface area contributed by atoms with Crippen LogP contribution in [0.1, 0.15) is 22.8 Å². The van der Waals surface area contributed by atoms with E-state index in [0.717, 1.165) is 16.7 Å². The molecule has 0 saturated heterocycles. The van der Waals surface area contributed by atoms with Crippen LogP contribution in [0.2, 0.25) is 0 Å². The van der Waals surface area contributed by atoms with Crippen LogP contribution in [-0.2, 0) is 11.2 Å². The van der Waals surface area contributed by atoms with Gasteiger partial charge in [-0.2, -0.15) is 0 Å². The third-order valence-corrected chi connectivity index (χ3v) is 3.65. The molecule has 0 spiro atoms. The molecule has 2 rings (SSSR count). The summed E-state index contributed by atoms with van der Waals surface area (Å²) in [4.78, 5) is 11.6. The van der Waals surface area contributed by atoms with E-state index < -0.39 is 18.1 Å². The zero-order valence-electron chi connectivity index (χ0n) is 12.7. The molecule has 22 heavy (non-hydrogen) atoms. The number of hydrogen-bond acceptors (Lipinski definition) is 3. The van der Waals surface area contributed by atoms with Crippen LogP contribution < -0.4 is 11.1 Å². The summed E-state index contributed by atoms with van der Waals surface area (Å²) >= 11 is 0. The number of hydrogen-bond donors (Lipinski definition) is 3. The molecule has 0 radical (unpaired) electrons. The topological polar surface area (TPSA) is 75.3 Å². The van der Waals surface area contributed by atoms with E-state index >= 15 is 0 Å². The highest BCUT2D eigenvalue weighted by molar-refractivity contribution is 5.80. The second kappa shape index (κ2) is 7.73. The average molecular weight is 298 g/mol. The van der Waals surface area contributed by atoms with Gasteiger partial charge in [0.15, 0.2) is 0 Å². The maximum atomic E-state index is 11.6. The first-order chi connectivity index (χ1) is 10.6. The summed E-state index contributed by atoms with van der Waals surface area (Å²) in [6, 6.07) is 16.9. The number of amides is 1. The lowest BCUT2D eigenvalue weighted by Gasteiger charge is -2.18. The van der Waals surface area contributed by atoms with Gasteiger partial charge in [0.25, 0.3) is 0 Å². The van der Waals surface area contributed by atoms with E-state index in [9.17, 15) is 9.90 Å². The Morgan fingerprint density at radius 1 is 1.14 bits per heavy atom. The predicted molar refractivity (Wildman–Crippen MR) is 87.3 cm³/mol. The highest BCUT2D eigenvalue weighted by Gasteiger charge is 2.17. The summed E-state index contributed by atoms with van der Waals surface area (Å²) in [6.45, 7) is 2.28. The van der Waals surface area contributed by atoms with Crippen molar-refractivity contribution in [2.75, 3.05) is 6.54 Å². The van der Waals surface area contributed by atoms with Crippen LogP contribution in [0.3, 0.4) is 0 Å². The molecule has 0 heterocycles. The summed E-state index contributed by atoms with van der Waals surface area (Å²) in [5, 5.41) is 13.2. The van der Waals surface area contributed by atoms with Gasteiger partial charge in [-0.3, -0.25) is 4.79 Å². The van der Waals surface area contributed by atoms with Crippen LogP contribution in [-0.4, -0.2) is 23.6 Å². The van der Waals surface area contributed by atoms with Crippen molar-refractivity contribution < 1.29 is 9.90 Å². The molecular weight excluding hydrogens is 276 g/mol. The molecule has 0 aromatic heterocycles. The molecule has 0 aliphatic carbocycles. The fourth-order valence-corrected chi connectivity index (χ4v) is 2.28. The average Bonchev–Trinajstić information content (AvgIpc) is 2.52. The Balaban J connectivity index is 1.94. The van der Waals surface area contributed by atoms with Crippen LogP contribution in [0.5, 0.6) is 0 Å². The van der Waals surface area contributed by atoms with E-state index in [1.165, 1.54) is 0 Å². The van der Waals surface area contributed by atoms with Crippen LogP contribution in [0.15, 0.2) is 54.6 Å². The highest BCUT2D eigenvalue weighted by atomic mass is 16.3.